The predicted octanol–water partition coefficient (Wildman–Crippen LogP) is 2.32. The fraction of sp³-hybridized carbons (Fsp3) is 0.632. The molecule has 5 rings (SSSR count). The van der Waals surface area contributed by atoms with Crippen LogP contribution in [0.2, 0.25) is 0 Å². The average molecular weight is 408 g/mol. The topological polar surface area (TPSA) is 48.0 Å². The van der Waals surface area contributed by atoms with Crippen LogP contribution in [0.1, 0.15) is 24.0 Å². The molecule has 0 radical (unpaired) electrons. The predicted molar refractivity (Wildman–Crippen MR) is 95.4 cm³/mol. The minimum absolute atomic E-state index is 0.0873. The quantitative estimate of drug-likeness (QED) is 0.752. The van der Waals surface area contributed by atoms with Crippen molar-refractivity contribution in [2.24, 2.45) is 5.92 Å². The van der Waals surface area contributed by atoms with Gasteiger partial charge in [0.05, 0.1) is 7.11 Å². The Morgan fingerprint density at radius 3 is 2.92 bits per heavy atom. The van der Waals surface area contributed by atoms with Gasteiger partial charge in [0.2, 0.25) is 5.78 Å². The Kier molecular flexibility index (Phi) is 3.35. The Balaban J connectivity index is 1.80. The molecule has 2 heterocycles. The van der Waals surface area contributed by atoms with Crippen molar-refractivity contribution in [2.45, 2.75) is 42.9 Å². The number of hydrogen-bond acceptors (Lipinski definition) is 5. The number of rotatable bonds is 2. The van der Waals surface area contributed by atoms with E-state index in [1.165, 1.54) is 11.1 Å². The van der Waals surface area contributed by atoms with Crippen LogP contribution in [0.3, 0.4) is 0 Å². The van der Waals surface area contributed by atoms with Crippen molar-refractivity contribution in [3.05, 3.63) is 21.7 Å². The molecule has 0 aromatic heterocycles. The molecule has 6 heteroatoms. The van der Waals surface area contributed by atoms with Gasteiger partial charge in [-0.1, -0.05) is 15.9 Å². The van der Waals surface area contributed by atoms with E-state index in [1.807, 2.05) is 6.07 Å². The molecule has 1 aromatic rings. The number of likely N-dealkylation sites (N-methyl/N-ethyl adjacent to an activating group) is 1. The highest BCUT2D eigenvalue weighted by atomic mass is 79.9. The minimum atomic E-state index is -0.454. The van der Waals surface area contributed by atoms with E-state index in [-0.39, 0.29) is 17.3 Å². The zero-order chi connectivity index (χ0) is 17.5. The Labute approximate surface area is 155 Å². The van der Waals surface area contributed by atoms with Gasteiger partial charge < -0.3 is 19.1 Å². The van der Waals surface area contributed by atoms with E-state index in [4.69, 9.17) is 14.2 Å². The van der Waals surface area contributed by atoms with Crippen LogP contribution in [0.15, 0.2) is 10.5 Å². The summed E-state index contributed by atoms with van der Waals surface area (Å²) in [4.78, 5) is 15.6. The molecule has 2 aliphatic heterocycles. The van der Waals surface area contributed by atoms with Crippen LogP contribution < -0.4 is 9.47 Å². The lowest BCUT2D eigenvalue weighted by molar-refractivity contribution is -0.154. The molecule has 25 heavy (non-hydrogen) atoms. The summed E-state index contributed by atoms with van der Waals surface area (Å²) < 4.78 is 18.5. The maximum absolute atomic E-state index is 13.1. The fourth-order valence-corrected chi connectivity index (χ4v) is 6.44. The van der Waals surface area contributed by atoms with Crippen LogP contribution in [0, 0.1) is 5.92 Å². The minimum Gasteiger partial charge on any atom is -0.493 e. The van der Waals surface area contributed by atoms with Crippen molar-refractivity contribution in [1.29, 1.82) is 0 Å². The molecule has 1 aromatic carbocycles. The van der Waals surface area contributed by atoms with Crippen LogP contribution in [0.25, 0.3) is 0 Å². The number of carbonyl (C=O) groups is 1. The van der Waals surface area contributed by atoms with Gasteiger partial charge in [-0.05, 0) is 50.4 Å². The van der Waals surface area contributed by atoms with E-state index in [0.29, 0.717) is 17.7 Å². The van der Waals surface area contributed by atoms with Crippen molar-refractivity contribution < 1.29 is 19.0 Å². The molecule has 3 unspecified atom stereocenters. The van der Waals surface area contributed by atoms with E-state index in [0.717, 1.165) is 36.0 Å². The zero-order valence-corrected chi connectivity index (χ0v) is 16.3. The summed E-state index contributed by atoms with van der Waals surface area (Å²) >= 11 is 3.74. The number of benzene rings is 1. The number of ether oxygens (including phenoxy) is 3. The number of carbonyl (C=O) groups excluding carboxylic acids is 1. The van der Waals surface area contributed by atoms with E-state index in [1.54, 1.807) is 14.2 Å². The molecule has 0 N–H and O–H groups in total. The van der Waals surface area contributed by atoms with E-state index < -0.39 is 6.10 Å². The first kappa shape index (κ1) is 16.1. The maximum atomic E-state index is 13.1. The standard InChI is InChI=1S/C19H22BrNO4/c1-21-5-4-19-10-7-13(23-2)16(22)18(19)25-17-14(24-3)8-11(20)9(15(17)19)6-12(10)21/h8,10,12-13,18H,4-7H2,1-3H3/t10?,12?,13?,18-,19-/m1/s1. The summed E-state index contributed by atoms with van der Waals surface area (Å²) in [6.07, 6.45) is 1.86. The van der Waals surface area contributed by atoms with E-state index in [9.17, 15) is 4.79 Å². The second-order valence-corrected chi connectivity index (χ2v) is 8.61. The first-order valence-electron chi connectivity index (χ1n) is 8.86. The number of Topliss-reactive ketones (excluding diaryl/α,β-unsaturated/α-hetero) is 1. The summed E-state index contributed by atoms with van der Waals surface area (Å²) in [5.74, 6) is 1.95. The Morgan fingerprint density at radius 1 is 1.40 bits per heavy atom. The fourth-order valence-electron chi connectivity index (χ4n) is 5.88. The lowest BCUT2D eigenvalue weighted by atomic mass is 9.51. The summed E-state index contributed by atoms with van der Waals surface area (Å²) in [5.41, 5.74) is 2.28. The third kappa shape index (κ3) is 1.78. The highest BCUT2D eigenvalue weighted by molar-refractivity contribution is 9.10. The lowest BCUT2D eigenvalue weighted by Crippen LogP contribution is -2.68. The van der Waals surface area contributed by atoms with E-state index in [2.05, 4.69) is 27.9 Å². The second kappa shape index (κ2) is 5.21. The van der Waals surface area contributed by atoms with Crippen LogP contribution in [-0.4, -0.2) is 56.7 Å². The average Bonchev–Trinajstić information content (AvgIpc) is 2.95. The first-order chi connectivity index (χ1) is 12.0. The van der Waals surface area contributed by atoms with Crippen LogP contribution in [-0.2, 0) is 21.4 Å². The van der Waals surface area contributed by atoms with Crippen molar-refractivity contribution >= 4 is 21.7 Å². The number of likely N-dealkylation sites (tertiary alicyclic amines) is 1. The van der Waals surface area contributed by atoms with Gasteiger partial charge in [-0.3, -0.25) is 4.79 Å². The molecule has 2 aliphatic carbocycles. The summed E-state index contributed by atoms with van der Waals surface area (Å²) in [6.45, 7) is 0.986. The first-order valence-corrected chi connectivity index (χ1v) is 9.65. The smallest absolute Gasteiger partial charge is 0.202 e. The SMILES string of the molecule is COc1cc(Br)c2c3c1O[C@@H]1C(=O)C(OC)CC4C(C2)N(C)CC[C@]341. The number of nitrogens with zero attached hydrogens (tertiary/aromatic N) is 1. The molecule has 5 atom stereocenters. The number of ketones is 1. The molecule has 0 amide bonds. The second-order valence-electron chi connectivity index (χ2n) is 7.75. The van der Waals surface area contributed by atoms with Crippen molar-refractivity contribution in [3.63, 3.8) is 0 Å². The highest BCUT2D eigenvalue weighted by Crippen LogP contribution is 2.64. The van der Waals surface area contributed by atoms with Crippen LogP contribution >= 0.6 is 15.9 Å². The molecule has 134 valence electrons. The molecular formula is C19H22BrNO4. The molecule has 1 spiro atoms. The monoisotopic (exact) mass is 407 g/mol. The van der Waals surface area contributed by atoms with E-state index >= 15 is 0 Å². The summed E-state index contributed by atoms with van der Waals surface area (Å²) in [7, 11) is 5.49. The molecule has 2 bridgehead atoms. The number of halogens is 1. The summed E-state index contributed by atoms with van der Waals surface area (Å²) in [6, 6.07) is 2.39. The molecule has 1 saturated heterocycles. The van der Waals surface area contributed by atoms with Crippen molar-refractivity contribution in [1.82, 2.24) is 4.90 Å². The van der Waals surface area contributed by atoms with Gasteiger partial charge in [0.15, 0.2) is 17.6 Å². The van der Waals surface area contributed by atoms with Gasteiger partial charge in [-0.25, -0.2) is 0 Å². The Bertz CT molecular complexity index is 781. The van der Waals surface area contributed by atoms with Gasteiger partial charge in [-0.15, -0.1) is 0 Å². The third-order valence-electron chi connectivity index (χ3n) is 7.00. The number of hydrogen-bond donors (Lipinski definition) is 0. The van der Waals surface area contributed by atoms with Crippen LogP contribution in [0.5, 0.6) is 11.5 Å². The van der Waals surface area contributed by atoms with Gasteiger partial charge in [-0.2, -0.15) is 0 Å². The molecule has 5 nitrogen and oxygen atoms in total. The Hall–Kier alpha value is -1.11. The van der Waals surface area contributed by atoms with Gasteiger partial charge in [0, 0.05) is 28.6 Å². The Morgan fingerprint density at radius 2 is 2.20 bits per heavy atom. The normalized spacial score (nSPS) is 38.3. The zero-order valence-electron chi connectivity index (χ0n) is 14.7. The summed E-state index contributed by atoms with van der Waals surface area (Å²) in [5, 5.41) is 0. The number of piperidine rings is 1. The van der Waals surface area contributed by atoms with Crippen LogP contribution in [0.4, 0.5) is 0 Å². The maximum Gasteiger partial charge on any atom is 0.202 e. The largest absolute Gasteiger partial charge is 0.493 e. The molecule has 4 aliphatic rings. The molecule has 1 saturated carbocycles. The van der Waals surface area contributed by atoms with Gasteiger partial charge >= 0.3 is 0 Å². The highest BCUT2D eigenvalue weighted by Gasteiger charge is 2.67. The molecular weight excluding hydrogens is 386 g/mol. The van der Waals surface area contributed by atoms with Gasteiger partial charge in [0.25, 0.3) is 0 Å². The molecule has 2 fully saturated rings. The lowest BCUT2D eigenvalue weighted by Gasteiger charge is -2.58. The third-order valence-corrected chi connectivity index (χ3v) is 7.71. The number of methoxy groups -OCH3 is 2. The van der Waals surface area contributed by atoms with Gasteiger partial charge in [0.1, 0.15) is 6.10 Å². The van der Waals surface area contributed by atoms with Crippen molar-refractivity contribution in [2.75, 3.05) is 27.8 Å². The van der Waals surface area contributed by atoms with Crippen molar-refractivity contribution in [3.8, 4) is 11.5 Å².